The van der Waals surface area contributed by atoms with Gasteiger partial charge in [-0.2, -0.15) is 11.8 Å². The second kappa shape index (κ2) is 3.45. The molecule has 0 aliphatic carbocycles. The maximum atomic E-state index is 11.2. The van der Waals surface area contributed by atoms with Crippen molar-refractivity contribution in [3.63, 3.8) is 0 Å². The summed E-state index contributed by atoms with van der Waals surface area (Å²) in [7, 11) is 1.43. The van der Waals surface area contributed by atoms with E-state index in [2.05, 4.69) is 10.1 Å². The standard InChI is InChI=1S/C7H13NO2S/c1-7(6(9)10-2)5-11-4-3-8-7/h8H,3-5H2,1-2H3. The molecule has 0 spiro atoms. The molecule has 0 aromatic rings. The average molecular weight is 175 g/mol. The number of ether oxygens (including phenoxy) is 1. The van der Waals surface area contributed by atoms with Crippen LogP contribution in [0.2, 0.25) is 0 Å². The Hall–Kier alpha value is -0.220. The highest BCUT2D eigenvalue weighted by atomic mass is 32.2. The number of methoxy groups -OCH3 is 1. The Kier molecular flexibility index (Phi) is 2.78. The van der Waals surface area contributed by atoms with Gasteiger partial charge in [0, 0.05) is 18.1 Å². The summed E-state index contributed by atoms with van der Waals surface area (Å²) in [6.45, 7) is 2.77. The van der Waals surface area contributed by atoms with Crippen molar-refractivity contribution in [1.82, 2.24) is 5.32 Å². The van der Waals surface area contributed by atoms with Gasteiger partial charge in [0.1, 0.15) is 5.54 Å². The lowest BCUT2D eigenvalue weighted by Gasteiger charge is -2.31. The Morgan fingerprint density at radius 2 is 2.45 bits per heavy atom. The summed E-state index contributed by atoms with van der Waals surface area (Å²) in [4.78, 5) is 11.2. The van der Waals surface area contributed by atoms with Crippen molar-refractivity contribution in [3.05, 3.63) is 0 Å². The Balaban J connectivity index is 2.56. The highest BCUT2D eigenvalue weighted by Gasteiger charge is 2.35. The van der Waals surface area contributed by atoms with Crippen LogP contribution in [0.15, 0.2) is 0 Å². The van der Waals surface area contributed by atoms with Crippen LogP contribution in [0.25, 0.3) is 0 Å². The first kappa shape index (κ1) is 8.87. The summed E-state index contributed by atoms with van der Waals surface area (Å²) >= 11 is 1.78. The lowest BCUT2D eigenvalue weighted by atomic mass is 10.1. The lowest BCUT2D eigenvalue weighted by molar-refractivity contribution is -0.146. The fourth-order valence-corrected chi connectivity index (χ4v) is 2.10. The van der Waals surface area contributed by atoms with Crippen LogP contribution >= 0.6 is 11.8 Å². The Morgan fingerprint density at radius 1 is 1.73 bits per heavy atom. The highest BCUT2D eigenvalue weighted by molar-refractivity contribution is 7.99. The maximum Gasteiger partial charge on any atom is 0.326 e. The zero-order valence-corrected chi connectivity index (χ0v) is 7.66. The molecule has 1 atom stereocenters. The SMILES string of the molecule is COC(=O)C1(C)CSCCN1. The Morgan fingerprint density at radius 3 is 2.91 bits per heavy atom. The van der Waals surface area contributed by atoms with E-state index in [0.717, 1.165) is 18.1 Å². The van der Waals surface area contributed by atoms with Gasteiger partial charge < -0.3 is 10.1 Å². The van der Waals surface area contributed by atoms with Gasteiger partial charge in [-0.3, -0.25) is 4.79 Å². The van der Waals surface area contributed by atoms with E-state index in [9.17, 15) is 4.79 Å². The van der Waals surface area contributed by atoms with Crippen molar-refractivity contribution in [3.8, 4) is 0 Å². The molecule has 0 aromatic heterocycles. The largest absolute Gasteiger partial charge is 0.468 e. The first-order chi connectivity index (χ1) is 5.19. The Bertz CT molecular complexity index is 155. The van der Waals surface area contributed by atoms with E-state index < -0.39 is 5.54 Å². The molecular weight excluding hydrogens is 162 g/mol. The van der Waals surface area contributed by atoms with Crippen LogP contribution in [0.1, 0.15) is 6.92 Å². The maximum absolute atomic E-state index is 11.2. The van der Waals surface area contributed by atoms with Gasteiger partial charge >= 0.3 is 5.97 Å². The van der Waals surface area contributed by atoms with Crippen molar-refractivity contribution in [2.45, 2.75) is 12.5 Å². The van der Waals surface area contributed by atoms with Crippen molar-refractivity contribution in [2.24, 2.45) is 0 Å². The molecule has 0 aromatic carbocycles. The van der Waals surface area contributed by atoms with Gasteiger partial charge in [0.2, 0.25) is 0 Å². The van der Waals surface area contributed by atoms with Crippen LogP contribution in [0, 0.1) is 0 Å². The van der Waals surface area contributed by atoms with Gasteiger partial charge in [0.05, 0.1) is 7.11 Å². The van der Waals surface area contributed by atoms with Gasteiger partial charge in [-0.15, -0.1) is 0 Å². The van der Waals surface area contributed by atoms with E-state index in [4.69, 9.17) is 0 Å². The fourth-order valence-electron chi connectivity index (χ4n) is 1.08. The average Bonchev–Trinajstić information content (AvgIpc) is 2.04. The smallest absolute Gasteiger partial charge is 0.326 e. The molecule has 3 nitrogen and oxygen atoms in total. The van der Waals surface area contributed by atoms with Gasteiger partial charge in [-0.25, -0.2) is 0 Å². The fraction of sp³-hybridized carbons (Fsp3) is 0.857. The quantitative estimate of drug-likeness (QED) is 0.580. The van der Waals surface area contributed by atoms with Gasteiger partial charge in [-0.1, -0.05) is 0 Å². The summed E-state index contributed by atoms with van der Waals surface area (Å²) in [5.74, 6) is 1.72. The first-order valence-electron chi connectivity index (χ1n) is 3.60. The highest BCUT2D eigenvalue weighted by Crippen LogP contribution is 2.18. The van der Waals surface area contributed by atoms with Crippen LogP contribution in [0.3, 0.4) is 0 Å². The van der Waals surface area contributed by atoms with Crippen molar-refractivity contribution in [1.29, 1.82) is 0 Å². The molecule has 1 aliphatic heterocycles. The third kappa shape index (κ3) is 1.87. The normalized spacial score (nSPS) is 31.5. The zero-order chi connectivity index (χ0) is 8.32. The summed E-state index contributed by atoms with van der Waals surface area (Å²) in [5.41, 5.74) is -0.461. The molecule has 0 saturated carbocycles. The second-order valence-electron chi connectivity index (χ2n) is 2.80. The topological polar surface area (TPSA) is 38.3 Å². The summed E-state index contributed by atoms with van der Waals surface area (Å²) < 4.78 is 4.68. The number of thioether (sulfide) groups is 1. The molecule has 1 N–H and O–H groups in total. The third-order valence-electron chi connectivity index (χ3n) is 1.79. The molecule has 1 unspecified atom stereocenters. The minimum Gasteiger partial charge on any atom is -0.468 e. The van der Waals surface area contributed by atoms with Gasteiger partial charge in [0.15, 0.2) is 0 Å². The minimum absolute atomic E-state index is 0.162. The molecule has 1 aliphatic rings. The van der Waals surface area contributed by atoms with Crippen LogP contribution in [0.5, 0.6) is 0 Å². The molecule has 0 radical (unpaired) electrons. The van der Waals surface area contributed by atoms with Crippen LogP contribution in [0.4, 0.5) is 0 Å². The van der Waals surface area contributed by atoms with E-state index in [1.165, 1.54) is 7.11 Å². The number of rotatable bonds is 1. The number of esters is 1. The number of carbonyl (C=O) groups excluding carboxylic acids is 1. The molecule has 1 fully saturated rings. The van der Waals surface area contributed by atoms with E-state index in [1.807, 2.05) is 6.92 Å². The first-order valence-corrected chi connectivity index (χ1v) is 4.76. The predicted octanol–water partition coefficient (Wildman–Crippen LogP) is 0.254. The van der Waals surface area contributed by atoms with E-state index >= 15 is 0 Å². The van der Waals surface area contributed by atoms with Crippen molar-refractivity contribution in [2.75, 3.05) is 25.2 Å². The van der Waals surface area contributed by atoms with Crippen molar-refractivity contribution < 1.29 is 9.53 Å². The predicted molar refractivity (Wildman–Crippen MR) is 45.7 cm³/mol. The van der Waals surface area contributed by atoms with Crippen molar-refractivity contribution >= 4 is 17.7 Å². The molecule has 11 heavy (non-hydrogen) atoms. The van der Waals surface area contributed by atoms with E-state index in [-0.39, 0.29) is 5.97 Å². The monoisotopic (exact) mass is 175 g/mol. The summed E-state index contributed by atoms with van der Waals surface area (Å²) in [6.07, 6.45) is 0. The molecular formula is C7H13NO2S. The van der Waals surface area contributed by atoms with Gasteiger partial charge in [0.25, 0.3) is 0 Å². The molecule has 64 valence electrons. The summed E-state index contributed by atoms with van der Waals surface area (Å²) in [5, 5.41) is 3.15. The number of carbonyl (C=O) groups is 1. The van der Waals surface area contributed by atoms with E-state index in [1.54, 1.807) is 11.8 Å². The number of hydrogen-bond acceptors (Lipinski definition) is 4. The third-order valence-corrected chi connectivity index (χ3v) is 3.06. The second-order valence-corrected chi connectivity index (χ2v) is 3.91. The summed E-state index contributed by atoms with van der Waals surface area (Å²) in [6, 6.07) is 0. The molecule has 0 amide bonds. The number of nitrogens with one attached hydrogen (secondary N) is 1. The molecule has 0 bridgehead atoms. The number of hydrogen-bond donors (Lipinski definition) is 1. The molecule has 1 heterocycles. The lowest BCUT2D eigenvalue weighted by Crippen LogP contribution is -2.55. The van der Waals surface area contributed by atoms with Crippen LogP contribution in [-0.2, 0) is 9.53 Å². The molecule has 4 heteroatoms. The zero-order valence-electron chi connectivity index (χ0n) is 6.85. The van der Waals surface area contributed by atoms with Gasteiger partial charge in [-0.05, 0) is 6.92 Å². The van der Waals surface area contributed by atoms with Crippen LogP contribution in [-0.4, -0.2) is 36.7 Å². The molecule has 1 saturated heterocycles. The Labute approximate surface area is 70.9 Å². The minimum atomic E-state index is -0.461. The van der Waals surface area contributed by atoms with E-state index in [0.29, 0.717) is 0 Å². The van der Waals surface area contributed by atoms with Crippen LogP contribution < -0.4 is 5.32 Å². The molecule has 1 rings (SSSR count).